The van der Waals surface area contributed by atoms with Crippen LogP contribution in [-0.4, -0.2) is 28.4 Å². The molecule has 0 unspecified atom stereocenters. The first-order chi connectivity index (χ1) is 9.15. The van der Waals surface area contributed by atoms with Crippen molar-refractivity contribution in [3.63, 3.8) is 0 Å². The summed E-state index contributed by atoms with van der Waals surface area (Å²) < 4.78 is 0. The predicted octanol–water partition coefficient (Wildman–Crippen LogP) is 2.93. The lowest BCUT2D eigenvalue weighted by atomic mass is 10.1. The van der Waals surface area contributed by atoms with Crippen molar-refractivity contribution >= 4 is 16.8 Å². The Balaban J connectivity index is 2.34. The molecule has 1 aromatic heterocycles. The van der Waals surface area contributed by atoms with Crippen LogP contribution in [0.15, 0.2) is 30.5 Å². The summed E-state index contributed by atoms with van der Waals surface area (Å²) in [6, 6.07) is 9.90. The highest BCUT2D eigenvalue weighted by Gasteiger charge is 2.20. The third kappa shape index (κ3) is 2.60. The minimum Gasteiger partial charge on any atom is -0.360 e. The lowest BCUT2D eigenvalue weighted by Crippen LogP contribution is -2.37. The van der Waals surface area contributed by atoms with Gasteiger partial charge in [0.2, 0.25) is 0 Å². The first kappa shape index (κ1) is 13.2. The smallest absolute Gasteiger partial charge is 0.256 e. The van der Waals surface area contributed by atoms with E-state index in [1.807, 2.05) is 38.1 Å². The fourth-order valence-corrected chi connectivity index (χ4v) is 2.17. The largest absolute Gasteiger partial charge is 0.360 e. The standard InChI is InChI=1S/C15H17N3O/c1-11(2)18(9-5-8-16)15(19)13-10-17-14-7-4-3-6-12(13)14/h3-4,6-7,10-11,17H,5,9H2,1-2H3. The number of fused-ring (bicyclic) bond motifs is 1. The molecule has 0 aliphatic carbocycles. The summed E-state index contributed by atoms with van der Waals surface area (Å²) in [5.41, 5.74) is 1.62. The Morgan fingerprint density at radius 3 is 2.84 bits per heavy atom. The monoisotopic (exact) mass is 255 g/mol. The predicted molar refractivity (Wildman–Crippen MR) is 74.7 cm³/mol. The second kappa shape index (κ2) is 5.57. The van der Waals surface area contributed by atoms with E-state index in [1.54, 1.807) is 11.1 Å². The maximum absolute atomic E-state index is 12.6. The molecule has 0 aliphatic heterocycles. The number of nitrogens with one attached hydrogen (secondary N) is 1. The van der Waals surface area contributed by atoms with Crippen molar-refractivity contribution in [1.82, 2.24) is 9.88 Å². The Hall–Kier alpha value is -2.28. The maximum Gasteiger partial charge on any atom is 0.256 e. The zero-order valence-corrected chi connectivity index (χ0v) is 11.2. The summed E-state index contributed by atoms with van der Waals surface area (Å²) in [6.07, 6.45) is 2.10. The molecule has 98 valence electrons. The number of para-hydroxylation sites is 1. The SMILES string of the molecule is CC(C)N(CCC#N)C(=O)c1c[nH]c2ccccc12. The molecule has 1 amide bonds. The summed E-state index contributed by atoms with van der Waals surface area (Å²) in [5.74, 6) is -0.0253. The van der Waals surface area contributed by atoms with Crippen LogP contribution in [0.5, 0.6) is 0 Å². The van der Waals surface area contributed by atoms with E-state index in [-0.39, 0.29) is 11.9 Å². The van der Waals surface area contributed by atoms with E-state index in [0.29, 0.717) is 18.5 Å². The molecule has 1 aromatic carbocycles. The Morgan fingerprint density at radius 2 is 2.16 bits per heavy atom. The number of amides is 1. The van der Waals surface area contributed by atoms with Gasteiger partial charge in [-0.3, -0.25) is 4.79 Å². The average Bonchev–Trinajstić information content (AvgIpc) is 2.82. The number of carbonyl (C=O) groups excluding carboxylic acids is 1. The first-order valence-electron chi connectivity index (χ1n) is 6.39. The molecule has 1 heterocycles. The number of H-pyrrole nitrogens is 1. The molecule has 0 saturated heterocycles. The molecule has 4 nitrogen and oxygen atoms in total. The van der Waals surface area contributed by atoms with Crippen LogP contribution >= 0.6 is 0 Å². The van der Waals surface area contributed by atoms with Gasteiger partial charge in [0.1, 0.15) is 0 Å². The fourth-order valence-electron chi connectivity index (χ4n) is 2.17. The van der Waals surface area contributed by atoms with Gasteiger partial charge in [-0.15, -0.1) is 0 Å². The number of aromatic nitrogens is 1. The number of aromatic amines is 1. The van der Waals surface area contributed by atoms with Crippen molar-refractivity contribution in [2.24, 2.45) is 0 Å². The molecule has 2 rings (SSSR count). The Morgan fingerprint density at radius 1 is 1.42 bits per heavy atom. The zero-order valence-electron chi connectivity index (χ0n) is 11.2. The number of benzene rings is 1. The molecule has 0 bridgehead atoms. The second-order valence-corrected chi connectivity index (χ2v) is 4.75. The highest BCUT2D eigenvalue weighted by molar-refractivity contribution is 6.06. The van der Waals surface area contributed by atoms with Crippen molar-refractivity contribution in [1.29, 1.82) is 5.26 Å². The maximum atomic E-state index is 12.6. The average molecular weight is 255 g/mol. The molecule has 19 heavy (non-hydrogen) atoms. The molecule has 0 atom stereocenters. The molecular weight excluding hydrogens is 238 g/mol. The van der Waals surface area contributed by atoms with E-state index in [2.05, 4.69) is 11.1 Å². The normalized spacial score (nSPS) is 10.6. The van der Waals surface area contributed by atoms with E-state index in [0.717, 1.165) is 10.9 Å². The van der Waals surface area contributed by atoms with Gasteiger partial charge in [-0.2, -0.15) is 5.26 Å². The van der Waals surface area contributed by atoms with Crippen molar-refractivity contribution in [3.05, 3.63) is 36.0 Å². The van der Waals surface area contributed by atoms with Crippen molar-refractivity contribution in [3.8, 4) is 6.07 Å². The van der Waals surface area contributed by atoms with Gasteiger partial charge in [0.25, 0.3) is 5.91 Å². The molecule has 0 fully saturated rings. The van der Waals surface area contributed by atoms with Crippen LogP contribution in [0.25, 0.3) is 10.9 Å². The van der Waals surface area contributed by atoms with Crippen LogP contribution in [0.4, 0.5) is 0 Å². The van der Waals surface area contributed by atoms with E-state index < -0.39 is 0 Å². The number of carbonyl (C=O) groups is 1. The van der Waals surface area contributed by atoms with E-state index in [1.165, 1.54) is 0 Å². The van der Waals surface area contributed by atoms with Crippen LogP contribution < -0.4 is 0 Å². The van der Waals surface area contributed by atoms with Gasteiger partial charge < -0.3 is 9.88 Å². The highest BCUT2D eigenvalue weighted by Crippen LogP contribution is 2.20. The van der Waals surface area contributed by atoms with Crippen LogP contribution in [0, 0.1) is 11.3 Å². The first-order valence-corrected chi connectivity index (χ1v) is 6.39. The second-order valence-electron chi connectivity index (χ2n) is 4.75. The van der Waals surface area contributed by atoms with Gasteiger partial charge in [-0.1, -0.05) is 18.2 Å². The molecule has 2 aromatic rings. The number of nitrogens with zero attached hydrogens (tertiary/aromatic N) is 2. The van der Waals surface area contributed by atoms with Crippen LogP contribution in [0.2, 0.25) is 0 Å². The third-order valence-electron chi connectivity index (χ3n) is 3.17. The van der Waals surface area contributed by atoms with Crippen molar-refractivity contribution < 1.29 is 4.79 Å². The minimum absolute atomic E-state index is 0.0253. The van der Waals surface area contributed by atoms with Gasteiger partial charge in [-0.25, -0.2) is 0 Å². The molecule has 0 spiro atoms. The lowest BCUT2D eigenvalue weighted by Gasteiger charge is -2.25. The van der Waals surface area contributed by atoms with E-state index in [9.17, 15) is 4.79 Å². The summed E-state index contributed by atoms with van der Waals surface area (Å²) in [5, 5.41) is 9.61. The van der Waals surface area contributed by atoms with Gasteiger partial charge in [0.15, 0.2) is 0 Å². The van der Waals surface area contributed by atoms with E-state index in [4.69, 9.17) is 5.26 Å². The van der Waals surface area contributed by atoms with Gasteiger partial charge in [0, 0.05) is 29.7 Å². The van der Waals surface area contributed by atoms with Crippen molar-refractivity contribution in [2.45, 2.75) is 26.3 Å². The number of nitriles is 1. The molecule has 0 aliphatic rings. The summed E-state index contributed by atoms with van der Waals surface area (Å²) in [6.45, 7) is 4.39. The van der Waals surface area contributed by atoms with Crippen LogP contribution in [-0.2, 0) is 0 Å². The van der Waals surface area contributed by atoms with E-state index >= 15 is 0 Å². The topological polar surface area (TPSA) is 59.9 Å². The molecule has 0 radical (unpaired) electrons. The Kier molecular flexibility index (Phi) is 3.86. The number of hydrogen-bond donors (Lipinski definition) is 1. The number of rotatable bonds is 4. The fraction of sp³-hybridized carbons (Fsp3) is 0.333. The van der Waals surface area contributed by atoms with Gasteiger partial charge >= 0.3 is 0 Å². The minimum atomic E-state index is -0.0253. The Labute approximate surface area is 112 Å². The highest BCUT2D eigenvalue weighted by atomic mass is 16.2. The van der Waals surface area contributed by atoms with Crippen molar-refractivity contribution in [2.75, 3.05) is 6.54 Å². The molecule has 0 saturated carbocycles. The molecule has 1 N–H and O–H groups in total. The molecular formula is C15H17N3O. The van der Waals surface area contributed by atoms with Gasteiger partial charge in [0.05, 0.1) is 18.1 Å². The quantitative estimate of drug-likeness (QED) is 0.913. The zero-order chi connectivity index (χ0) is 13.8. The summed E-state index contributed by atoms with van der Waals surface area (Å²) in [4.78, 5) is 17.4. The summed E-state index contributed by atoms with van der Waals surface area (Å²) in [7, 11) is 0. The lowest BCUT2D eigenvalue weighted by molar-refractivity contribution is 0.0712. The third-order valence-corrected chi connectivity index (χ3v) is 3.17. The molecule has 4 heteroatoms. The Bertz CT molecular complexity index is 622. The van der Waals surface area contributed by atoms with Crippen LogP contribution in [0.3, 0.4) is 0 Å². The number of hydrogen-bond acceptors (Lipinski definition) is 2. The summed E-state index contributed by atoms with van der Waals surface area (Å²) >= 11 is 0. The van der Waals surface area contributed by atoms with Gasteiger partial charge in [-0.05, 0) is 19.9 Å². The van der Waals surface area contributed by atoms with Crippen LogP contribution in [0.1, 0.15) is 30.6 Å².